The van der Waals surface area contributed by atoms with Crippen molar-refractivity contribution >= 4 is 17.4 Å². The van der Waals surface area contributed by atoms with E-state index in [1.807, 2.05) is 54.2 Å². The lowest BCUT2D eigenvalue weighted by atomic mass is 9.94. The van der Waals surface area contributed by atoms with Gasteiger partial charge in [-0.25, -0.2) is 4.79 Å². The van der Waals surface area contributed by atoms with E-state index in [4.69, 9.17) is 14.2 Å². The van der Waals surface area contributed by atoms with Crippen molar-refractivity contribution in [2.24, 2.45) is 0 Å². The maximum atomic E-state index is 13.5. The fourth-order valence-electron chi connectivity index (χ4n) is 4.41. The zero-order valence-corrected chi connectivity index (χ0v) is 19.3. The number of carbonyl (C=O) groups excluding carboxylic acids is 1. The van der Waals surface area contributed by atoms with Gasteiger partial charge in [0, 0.05) is 56.7 Å². The molecular weight excluding hydrogens is 408 g/mol. The first-order chi connectivity index (χ1) is 15.5. The number of ether oxygens (including phenoxy) is 3. The summed E-state index contributed by atoms with van der Waals surface area (Å²) in [6, 6.07) is 11.7. The lowest BCUT2D eigenvalue weighted by molar-refractivity contribution is -0.0247. The zero-order chi connectivity index (χ0) is 22.7. The summed E-state index contributed by atoms with van der Waals surface area (Å²) in [5.74, 6) is 1.50. The Hall–Kier alpha value is -2.97. The molecule has 2 aliphatic rings. The summed E-state index contributed by atoms with van der Waals surface area (Å²) in [5, 5.41) is 3.08. The Bertz CT molecular complexity index is 925. The maximum Gasteiger partial charge on any atom is 0.323 e. The first kappa shape index (κ1) is 22.2. The van der Waals surface area contributed by atoms with Crippen molar-refractivity contribution in [2.75, 3.05) is 71.4 Å². The molecule has 0 radical (unpaired) electrons. The van der Waals surface area contributed by atoms with Crippen LogP contribution in [0.3, 0.4) is 0 Å². The Morgan fingerprint density at radius 3 is 2.41 bits per heavy atom. The van der Waals surface area contributed by atoms with Crippen molar-refractivity contribution in [3.8, 4) is 11.5 Å². The van der Waals surface area contributed by atoms with E-state index in [1.165, 1.54) is 0 Å². The molecule has 0 aliphatic carbocycles. The summed E-state index contributed by atoms with van der Waals surface area (Å²) < 4.78 is 16.8. The SMILES string of the molecule is COc1cc2c(c(OC)c1)C(N1CCOCC1)N(C(=O)Nc1ccc(N(C)C)cc1)CC2. The van der Waals surface area contributed by atoms with Gasteiger partial charge in [0.15, 0.2) is 0 Å². The molecule has 2 heterocycles. The fourth-order valence-corrected chi connectivity index (χ4v) is 4.41. The van der Waals surface area contributed by atoms with Gasteiger partial charge in [0.1, 0.15) is 17.7 Å². The minimum Gasteiger partial charge on any atom is -0.497 e. The molecule has 32 heavy (non-hydrogen) atoms. The molecule has 0 spiro atoms. The predicted molar refractivity (Wildman–Crippen MR) is 125 cm³/mol. The number of fused-ring (bicyclic) bond motifs is 1. The number of methoxy groups -OCH3 is 2. The largest absolute Gasteiger partial charge is 0.497 e. The van der Waals surface area contributed by atoms with Gasteiger partial charge in [-0.15, -0.1) is 0 Å². The van der Waals surface area contributed by atoms with Crippen LogP contribution in [0, 0.1) is 0 Å². The molecule has 1 atom stereocenters. The van der Waals surface area contributed by atoms with Crippen LogP contribution in [0.25, 0.3) is 0 Å². The normalized spacial score (nSPS) is 18.6. The van der Waals surface area contributed by atoms with E-state index in [2.05, 4.69) is 16.3 Å². The third kappa shape index (κ3) is 4.47. The summed E-state index contributed by atoms with van der Waals surface area (Å²) in [6.45, 7) is 3.39. The molecule has 8 heteroatoms. The van der Waals surface area contributed by atoms with Crippen LogP contribution < -0.4 is 19.7 Å². The number of nitrogens with zero attached hydrogens (tertiary/aromatic N) is 3. The van der Waals surface area contributed by atoms with Crippen LogP contribution in [0.1, 0.15) is 17.3 Å². The van der Waals surface area contributed by atoms with Crippen molar-refractivity contribution in [2.45, 2.75) is 12.6 Å². The predicted octanol–water partition coefficient (Wildman–Crippen LogP) is 3.19. The van der Waals surface area contributed by atoms with E-state index in [1.54, 1.807) is 14.2 Å². The highest BCUT2D eigenvalue weighted by Crippen LogP contribution is 2.41. The molecule has 1 N–H and O–H groups in total. The van der Waals surface area contributed by atoms with Gasteiger partial charge in [0.05, 0.1) is 27.4 Å². The Morgan fingerprint density at radius 2 is 1.78 bits per heavy atom. The molecule has 2 aliphatic heterocycles. The molecule has 1 saturated heterocycles. The van der Waals surface area contributed by atoms with Crippen LogP contribution in [-0.2, 0) is 11.2 Å². The number of amides is 2. The number of rotatable bonds is 5. The van der Waals surface area contributed by atoms with E-state index >= 15 is 0 Å². The molecule has 0 bridgehead atoms. The molecule has 172 valence electrons. The zero-order valence-electron chi connectivity index (χ0n) is 19.3. The Labute approximate surface area is 189 Å². The van der Waals surface area contributed by atoms with Gasteiger partial charge >= 0.3 is 6.03 Å². The lowest BCUT2D eigenvalue weighted by Crippen LogP contribution is -2.52. The average molecular weight is 441 g/mol. The fraction of sp³-hybridized carbons (Fsp3) is 0.458. The van der Waals surface area contributed by atoms with Gasteiger partial charge in [-0.05, 0) is 42.3 Å². The van der Waals surface area contributed by atoms with Crippen molar-refractivity contribution < 1.29 is 19.0 Å². The third-order valence-electron chi connectivity index (χ3n) is 6.12. The van der Waals surface area contributed by atoms with Gasteiger partial charge in [-0.1, -0.05) is 0 Å². The molecule has 0 aromatic heterocycles. The standard InChI is InChI=1S/C24H32N4O4/c1-26(2)19-7-5-18(6-8-19)25-24(29)28-10-9-17-15-20(30-3)16-21(31-4)22(17)23(28)27-11-13-32-14-12-27/h5-8,15-16,23H,9-14H2,1-4H3,(H,25,29). The van der Waals surface area contributed by atoms with E-state index in [0.29, 0.717) is 19.8 Å². The van der Waals surface area contributed by atoms with E-state index < -0.39 is 0 Å². The number of anilines is 2. The summed E-state index contributed by atoms with van der Waals surface area (Å²) in [6.07, 6.45) is 0.501. The van der Waals surface area contributed by atoms with Gasteiger partial charge < -0.3 is 29.3 Å². The first-order valence-electron chi connectivity index (χ1n) is 10.9. The number of benzene rings is 2. The van der Waals surface area contributed by atoms with Crippen LogP contribution in [0.5, 0.6) is 11.5 Å². The number of hydrogen-bond donors (Lipinski definition) is 1. The second-order valence-electron chi connectivity index (χ2n) is 8.24. The topological polar surface area (TPSA) is 66.5 Å². The first-order valence-corrected chi connectivity index (χ1v) is 10.9. The summed E-state index contributed by atoms with van der Waals surface area (Å²) in [4.78, 5) is 19.7. The van der Waals surface area contributed by atoms with E-state index in [0.717, 1.165) is 53.5 Å². The van der Waals surface area contributed by atoms with Crippen LogP contribution >= 0.6 is 0 Å². The number of hydrogen-bond acceptors (Lipinski definition) is 6. The lowest BCUT2D eigenvalue weighted by Gasteiger charge is -2.45. The van der Waals surface area contributed by atoms with Gasteiger partial charge in [-0.3, -0.25) is 4.90 Å². The van der Waals surface area contributed by atoms with Crippen LogP contribution in [0.4, 0.5) is 16.2 Å². The molecule has 4 rings (SSSR count). The number of carbonyl (C=O) groups is 1. The highest BCUT2D eigenvalue weighted by atomic mass is 16.5. The summed E-state index contributed by atoms with van der Waals surface area (Å²) in [7, 11) is 7.31. The van der Waals surface area contributed by atoms with E-state index in [9.17, 15) is 4.79 Å². The Kier molecular flexibility index (Phi) is 6.72. The van der Waals surface area contributed by atoms with Crippen molar-refractivity contribution in [3.05, 3.63) is 47.5 Å². The van der Waals surface area contributed by atoms with Gasteiger partial charge in [0.25, 0.3) is 0 Å². The Balaban J connectivity index is 1.66. The number of urea groups is 1. The second-order valence-corrected chi connectivity index (χ2v) is 8.24. The highest BCUT2D eigenvalue weighted by Gasteiger charge is 2.38. The minimum atomic E-state index is -0.232. The van der Waals surface area contributed by atoms with Crippen molar-refractivity contribution in [1.29, 1.82) is 0 Å². The molecule has 2 amide bonds. The average Bonchev–Trinajstić information content (AvgIpc) is 2.83. The highest BCUT2D eigenvalue weighted by molar-refractivity contribution is 5.90. The molecular formula is C24H32N4O4. The van der Waals surface area contributed by atoms with Gasteiger partial charge in [0.2, 0.25) is 0 Å². The van der Waals surface area contributed by atoms with Crippen molar-refractivity contribution in [3.63, 3.8) is 0 Å². The van der Waals surface area contributed by atoms with Crippen LogP contribution in [0.2, 0.25) is 0 Å². The monoisotopic (exact) mass is 440 g/mol. The molecule has 1 fully saturated rings. The Morgan fingerprint density at radius 1 is 1.06 bits per heavy atom. The van der Waals surface area contributed by atoms with Crippen LogP contribution in [-0.4, -0.2) is 77.0 Å². The molecule has 2 aromatic rings. The molecule has 0 saturated carbocycles. The number of morpholine rings is 1. The molecule has 2 aromatic carbocycles. The molecule has 8 nitrogen and oxygen atoms in total. The summed E-state index contributed by atoms with van der Waals surface area (Å²) >= 11 is 0. The second kappa shape index (κ2) is 9.67. The smallest absolute Gasteiger partial charge is 0.323 e. The van der Waals surface area contributed by atoms with Gasteiger partial charge in [-0.2, -0.15) is 0 Å². The van der Waals surface area contributed by atoms with Crippen molar-refractivity contribution in [1.82, 2.24) is 9.80 Å². The number of nitrogens with one attached hydrogen (secondary N) is 1. The minimum absolute atomic E-state index is 0.123. The molecule has 1 unspecified atom stereocenters. The summed E-state index contributed by atoms with van der Waals surface area (Å²) in [5.41, 5.74) is 4.03. The quantitative estimate of drug-likeness (QED) is 0.770. The third-order valence-corrected chi connectivity index (χ3v) is 6.12. The maximum absolute atomic E-state index is 13.5. The van der Waals surface area contributed by atoms with Crippen LogP contribution in [0.15, 0.2) is 36.4 Å². The van der Waals surface area contributed by atoms with E-state index in [-0.39, 0.29) is 12.2 Å².